The predicted molar refractivity (Wildman–Crippen MR) is 161 cm³/mol. The third kappa shape index (κ3) is 6.63. The largest absolute Gasteiger partial charge is 0.325 e. The molecule has 0 aliphatic heterocycles. The predicted octanol–water partition coefficient (Wildman–Crippen LogP) is 6.21. The van der Waals surface area contributed by atoms with Gasteiger partial charge in [0.1, 0.15) is 0 Å². The average Bonchev–Trinajstić information content (AvgIpc) is 3.41. The van der Waals surface area contributed by atoms with Crippen LogP contribution in [0.1, 0.15) is 45.6 Å². The lowest BCUT2D eigenvalue weighted by Crippen LogP contribution is -2.30. The third-order valence-electron chi connectivity index (χ3n) is 6.79. The highest BCUT2D eigenvalue weighted by atomic mass is 32.2. The molecule has 0 saturated heterocycles. The summed E-state index contributed by atoms with van der Waals surface area (Å²) in [7, 11) is -3.65. The molecular weight excluding hydrogens is 542 g/mol. The van der Waals surface area contributed by atoms with Crippen LogP contribution >= 0.6 is 11.8 Å². The molecule has 0 saturated carbocycles. The first-order valence-electron chi connectivity index (χ1n) is 13.4. The first-order chi connectivity index (χ1) is 19.3. The maximum Gasteiger partial charge on any atom is 0.243 e. The van der Waals surface area contributed by atoms with Crippen molar-refractivity contribution >= 4 is 33.4 Å². The Morgan fingerprint density at radius 3 is 2.30 bits per heavy atom. The molecular formula is C30H35N5O3S2. The Kier molecular flexibility index (Phi) is 9.78. The van der Waals surface area contributed by atoms with Gasteiger partial charge >= 0.3 is 0 Å². The summed E-state index contributed by atoms with van der Waals surface area (Å²) in [6, 6.07) is 24.3. The van der Waals surface area contributed by atoms with E-state index in [2.05, 4.69) is 29.4 Å². The van der Waals surface area contributed by atoms with Crippen LogP contribution in [0.4, 0.5) is 5.69 Å². The van der Waals surface area contributed by atoms with Gasteiger partial charge in [-0.2, -0.15) is 4.31 Å². The van der Waals surface area contributed by atoms with Crippen LogP contribution < -0.4 is 5.32 Å². The van der Waals surface area contributed by atoms with E-state index in [9.17, 15) is 13.2 Å². The van der Waals surface area contributed by atoms with Crippen LogP contribution in [0, 0.1) is 0 Å². The second kappa shape index (κ2) is 13.3. The smallest absolute Gasteiger partial charge is 0.243 e. The van der Waals surface area contributed by atoms with E-state index >= 15 is 0 Å². The van der Waals surface area contributed by atoms with E-state index < -0.39 is 10.0 Å². The van der Waals surface area contributed by atoms with Crippen LogP contribution in [0.2, 0.25) is 0 Å². The monoisotopic (exact) mass is 577 g/mol. The first kappa shape index (κ1) is 29.5. The number of carbonyl (C=O) groups is 1. The van der Waals surface area contributed by atoms with Gasteiger partial charge in [0, 0.05) is 30.0 Å². The lowest BCUT2D eigenvalue weighted by atomic mass is 9.99. The van der Waals surface area contributed by atoms with Crippen molar-refractivity contribution in [1.82, 2.24) is 19.1 Å². The minimum Gasteiger partial charge on any atom is -0.325 e. The number of hydrogen-bond acceptors (Lipinski definition) is 6. The van der Waals surface area contributed by atoms with E-state index in [1.807, 2.05) is 79.1 Å². The molecule has 1 amide bonds. The standard InChI is InChI=1S/C30H35N5O3S2/c1-5-22(4)23-16-18-25(19-17-23)31-28(36)21-39-30-33-32-29(35(30)26-13-9-8-10-14-26)24-12-11-15-27(20-24)40(37,38)34(6-2)7-3/h8-20,22H,5-7,21H2,1-4H3,(H,31,36). The summed E-state index contributed by atoms with van der Waals surface area (Å²) in [5, 5.41) is 12.3. The quantitative estimate of drug-likeness (QED) is 0.201. The van der Waals surface area contributed by atoms with Gasteiger partial charge in [-0.3, -0.25) is 9.36 Å². The molecule has 0 spiro atoms. The van der Waals surface area contributed by atoms with Gasteiger partial charge in [0.05, 0.1) is 10.6 Å². The zero-order valence-corrected chi connectivity index (χ0v) is 24.9. The molecule has 10 heteroatoms. The molecule has 1 atom stereocenters. The number of thioether (sulfide) groups is 1. The normalized spacial score (nSPS) is 12.4. The molecule has 0 radical (unpaired) electrons. The lowest BCUT2D eigenvalue weighted by Gasteiger charge is -2.19. The number of hydrogen-bond donors (Lipinski definition) is 1. The number of nitrogens with one attached hydrogen (secondary N) is 1. The number of benzene rings is 3. The topological polar surface area (TPSA) is 97.2 Å². The number of aromatic nitrogens is 3. The summed E-state index contributed by atoms with van der Waals surface area (Å²) in [4.78, 5) is 13.0. The van der Waals surface area contributed by atoms with Gasteiger partial charge < -0.3 is 5.32 Å². The molecule has 1 N–H and O–H groups in total. The SMILES string of the molecule is CCC(C)c1ccc(NC(=O)CSc2nnc(-c3cccc(S(=O)(=O)N(CC)CC)c3)n2-c2ccccc2)cc1. The number of carbonyl (C=O) groups excluding carboxylic acids is 1. The highest BCUT2D eigenvalue weighted by Crippen LogP contribution is 2.30. The van der Waals surface area contributed by atoms with Crippen molar-refractivity contribution in [2.45, 2.75) is 50.1 Å². The Balaban J connectivity index is 1.59. The van der Waals surface area contributed by atoms with E-state index in [4.69, 9.17) is 0 Å². The van der Waals surface area contributed by atoms with Crippen LogP contribution in [0.25, 0.3) is 17.1 Å². The second-order valence-electron chi connectivity index (χ2n) is 9.36. The van der Waals surface area contributed by atoms with E-state index in [-0.39, 0.29) is 16.6 Å². The zero-order chi connectivity index (χ0) is 28.7. The highest BCUT2D eigenvalue weighted by Gasteiger charge is 2.24. The summed E-state index contributed by atoms with van der Waals surface area (Å²) in [6.45, 7) is 8.74. The van der Waals surface area contributed by atoms with Crippen LogP contribution in [-0.4, -0.2) is 52.2 Å². The lowest BCUT2D eigenvalue weighted by molar-refractivity contribution is -0.113. The molecule has 1 heterocycles. The molecule has 0 aliphatic carbocycles. The van der Waals surface area contributed by atoms with Crippen molar-refractivity contribution in [3.05, 3.63) is 84.4 Å². The zero-order valence-electron chi connectivity index (χ0n) is 23.2. The summed E-state index contributed by atoms with van der Waals surface area (Å²) < 4.78 is 29.6. The molecule has 210 valence electrons. The highest BCUT2D eigenvalue weighted by molar-refractivity contribution is 7.99. The number of nitrogens with zero attached hydrogens (tertiary/aromatic N) is 4. The molecule has 40 heavy (non-hydrogen) atoms. The summed E-state index contributed by atoms with van der Waals surface area (Å²) in [5.74, 6) is 0.940. The molecule has 0 aliphatic rings. The number of sulfonamides is 1. The van der Waals surface area contributed by atoms with Crippen LogP contribution in [0.15, 0.2) is 88.9 Å². The number of anilines is 1. The summed E-state index contributed by atoms with van der Waals surface area (Å²) in [6.07, 6.45) is 1.06. The van der Waals surface area contributed by atoms with E-state index in [0.717, 1.165) is 17.8 Å². The molecule has 4 aromatic rings. The van der Waals surface area contributed by atoms with Crippen LogP contribution in [-0.2, 0) is 14.8 Å². The van der Waals surface area contributed by atoms with Crippen molar-refractivity contribution < 1.29 is 13.2 Å². The maximum absolute atomic E-state index is 13.2. The molecule has 4 rings (SSSR count). The minimum atomic E-state index is -3.65. The fourth-order valence-electron chi connectivity index (χ4n) is 4.33. The van der Waals surface area contributed by atoms with Crippen molar-refractivity contribution in [2.75, 3.05) is 24.2 Å². The summed E-state index contributed by atoms with van der Waals surface area (Å²) >= 11 is 1.27. The van der Waals surface area contributed by atoms with Gasteiger partial charge in [-0.15, -0.1) is 10.2 Å². The second-order valence-corrected chi connectivity index (χ2v) is 12.2. The number of amides is 1. The number of rotatable bonds is 12. The third-order valence-corrected chi connectivity index (χ3v) is 9.77. The Bertz CT molecular complexity index is 1530. The fourth-order valence-corrected chi connectivity index (χ4v) is 6.58. The van der Waals surface area contributed by atoms with Crippen LogP contribution in [0.3, 0.4) is 0 Å². The van der Waals surface area contributed by atoms with Gasteiger partial charge in [-0.1, -0.05) is 81.9 Å². The van der Waals surface area contributed by atoms with E-state index in [1.54, 1.807) is 18.2 Å². The van der Waals surface area contributed by atoms with Gasteiger partial charge in [0.2, 0.25) is 15.9 Å². The first-order valence-corrected chi connectivity index (χ1v) is 15.8. The Morgan fingerprint density at radius 1 is 0.950 bits per heavy atom. The maximum atomic E-state index is 13.2. The van der Waals surface area contributed by atoms with Crippen LogP contribution in [0.5, 0.6) is 0 Å². The molecule has 0 fully saturated rings. The van der Waals surface area contributed by atoms with Gasteiger partial charge in [0.15, 0.2) is 11.0 Å². The van der Waals surface area contributed by atoms with Crippen molar-refractivity contribution in [3.63, 3.8) is 0 Å². The van der Waals surface area contributed by atoms with Gasteiger partial charge in [-0.05, 0) is 54.3 Å². The molecule has 0 bridgehead atoms. The summed E-state index contributed by atoms with van der Waals surface area (Å²) in [5.41, 5.74) is 3.41. The van der Waals surface area contributed by atoms with Gasteiger partial charge in [-0.25, -0.2) is 8.42 Å². The van der Waals surface area contributed by atoms with Crippen molar-refractivity contribution in [1.29, 1.82) is 0 Å². The molecule has 1 aromatic heterocycles. The van der Waals surface area contributed by atoms with Crippen molar-refractivity contribution in [2.24, 2.45) is 0 Å². The molecule has 3 aromatic carbocycles. The Hall–Kier alpha value is -3.47. The minimum absolute atomic E-state index is 0.133. The van der Waals surface area contributed by atoms with Gasteiger partial charge in [0.25, 0.3) is 0 Å². The van der Waals surface area contributed by atoms with Crippen molar-refractivity contribution in [3.8, 4) is 17.1 Å². The fraction of sp³-hybridized carbons (Fsp3) is 0.300. The van der Waals surface area contributed by atoms with E-state index in [0.29, 0.717) is 35.6 Å². The number of para-hydroxylation sites is 1. The Morgan fingerprint density at radius 2 is 1.65 bits per heavy atom. The Labute approximate surface area is 240 Å². The molecule has 1 unspecified atom stereocenters. The van der Waals surface area contributed by atoms with E-state index in [1.165, 1.54) is 21.6 Å². The molecule has 8 nitrogen and oxygen atoms in total. The average molecular weight is 578 g/mol.